The van der Waals surface area contributed by atoms with Gasteiger partial charge in [-0.3, -0.25) is 4.79 Å². The summed E-state index contributed by atoms with van der Waals surface area (Å²) in [4.78, 5) is 25.6. The van der Waals surface area contributed by atoms with Crippen molar-refractivity contribution >= 4 is 22.7 Å². The van der Waals surface area contributed by atoms with Gasteiger partial charge in [-0.25, -0.2) is 9.18 Å². The van der Waals surface area contributed by atoms with E-state index in [-0.39, 0.29) is 35.3 Å². The molecule has 2 N–H and O–H groups in total. The molecule has 1 aliphatic heterocycles. The summed E-state index contributed by atoms with van der Waals surface area (Å²) < 4.78 is 21.6. The second-order valence-electron chi connectivity index (χ2n) is 7.90. The van der Waals surface area contributed by atoms with Gasteiger partial charge in [0.25, 0.3) is 0 Å². The first-order valence-corrected chi connectivity index (χ1v) is 9.58. The van der Waals surface area contributed by atoms with E-state index in [1.807, 2.05) is 16.4 Å². The maximum Gasteiger partial charge on any atom is 0.511 e. The highest BCUT2D eigenvalue weighted by Gasteiger charge is 2.32. The fourth-order valence-corrected chi connectivity index (χ4v) is 4.06. The van der Waals surface area contributed by atoms with E-state index >= 15 is 4.39 Å². The van der Waals surface area contributed by atoms with Gasteiger partial charge in [-0.1, -0.05) is 0 Å². The minimum atomic E-state index is -1.56. The second kappa shape index (κ2) is 6.77. The summed E-state index contributed by atoms with van der Waals surface area (Å²) in [5.74, 6) is -0.788. The first kappa shape index (κ1) is 18.7. The Hall–Kier alpha value is -2.61. The number of pyridine rings is 1. The molecule has 1 aromatic carbocycles. The molecule has 28 heavy (non-hydrogen) atoms. The van der Waals surface area contributed by atoms with Crippen LogP contribution in [-0.2, 0) is 0 Å². The lowest BCUT2D eigenvalue weighted by molar-refractivity contribution is 0.143. The van der Waals surface area contributed by atoms with Crippen LogP contribution in [0.2, 0.25) is 0 Å². The molecule has 8 heteroatoms. The van der Waals surface area contributed by atoms with Gasteiger partial charge >= 0.3 is 6.16 Å². The van der Waals surface area contributed by atoms with Gasteiger partial charge in [-0.05, 0) is 45.7 Å². The van der Waals surface area contributed by atoms with Gasteiger partial charge in [0.2, 0.25) is 5.43 Å². The predicted molar refractivity (Wildman–Crippen MR) is 104 cm³/mol. The van der Waals surface area contributed by atoms with Crippen LogP contribution in [0.3, 0.4) is 0 Å². The molecule has 3 atom stereocenters. The van der Waals surface area contributed by atoms with Crippen molar-refractivity contribution < 1.29 is 19.0 Å². The first-order valence-electron chi connectivity index (χ1n) is 9.58. The van der Waals surface area contributed by atoms with Gasteiger partial charge in [-0.15, -0.1) is 0 Å². The van der Waals surface area contributed by atoms with E-state index in [0.717, 1.165) is 12.8 Å². The maximum absolute atomic E-state index is 15.1. The molecule has 1 saturated carbocycles. The number of hydrogen-bond acceptors (Lipinski definition) is 5. The molecule has 0 bridgehead atoms. The smallest absolute Gasteiger partial charge is 0.449 e. The number of fused-ring (bicyclic) bond motifs is 1. The Morgan fingerprint density at radius 1 is 1.29 bits per heavy atom. The second-order valence-corrected chi connectivity index (χ2v) is 7.90. The number of carboxylic acid groups (broad SMARTS) is 1. The molecule has 4 rings (SSSR count). The molecular formula is C20H24FN3O4. The predicted octanol–water partition coefficient (Wildman–Crippen LogP) is 3.11. The molecule has 2 aromatic rings. The van der Waals surface area contributed by atoms with Gasteiger partial charge in [0.05, 0.1) is 22.8 Å². The van der Waals surface area contributed by atoms with Gasteiger partial charge in [-0.2, -0.15) is 0 Å². The summed E-state index contributed by atoms with van der Waals surface area (Å²) in [6.45, 7) is 6.83. The van der Waals surface area contributed by atoms with Crippen LogP contribution in [0.25, 0.3) is 10.9 Å². The van der Waals surface area contributed by atoms with Crippen LogP contribution in [0.5, 0.6) is 5.75 Å². The third-order valence-electron chi connectivity index (χ3n) is 5.75. The van der Waals surface area contributed by atoms with Crippen LogP contribution in [0, 0.1) is 5.82 Å². The van der Waals surface area contributed by atoms with Crippen molar-refractivity contribution in [1.29, 1.82) is 0 Å². The summed E-state index contributed by atoms with van der Waals surface area (Å²) >= 11 is 0. The Morgan fingerprint density at radius 3 is 2.64 bits per heavy atom. The van der Waals surface area contributed by atoms with Gasteiger partial charge in [0.15, 0.2) is 5.75 Å². The van der Waals surface area contributed by atoms with Gasteiger partial charge in [0.1, 0.15) is 5.82 Å². The largest absolute Gasteiger partial charge is 0.511 e. The van der Waals surface area contributed by atoms with Crippen LogP contribution in [0.4, 0.5) is 14.9 Å². The summed E-state index contributed by atoms with van der Waals surface area (Å²) in [5.41, 5.74) is 0.448. The Bertz CT molecular complexity index is 1000. The van der Waals surface area contributed by atoms with Gasteiger partial charge < -0.3 is 24.6 Å². The van der Waals surface area contributed by atoms with Crippen molar-refractivity contribution in [2.45, 2.75) is 57.8 Å². The van der Waals surface area contributed by atoms with E-state index in [1.54, 1.807) is 6.07 Å². The number of piperazine rings is 1. The standard InChI is InChI=1S/C20H24FN3O4/c1-10-8-23(12(3)11(2)22-10)17-7-16-14(6-15(17)21)19(25)18(28-20(26)27)9-24(16)13-4-5-13/h6-7,9-13,22H,4-5,8H2,1-3H3,(H,26,27). The number of aromatic nitrogens is 1. The molecule has 2 heterocycles. The normalized spacial score (nSPS) is 25.1. The Morgan fingerprint density at radius 2 is 2.00 bits per heavy atom. The molecule has 1 aliphatic carbocycles. The Balaban J connectivity index is 1.89. The lowest BCUT2D eigenvalue weighted by Crippen LogP contribution is -2.59. The molecule has 2 fully saturated rings. The highest BCUT2D eigenvalue weighted by atomic mass is 19.1. The SMILES string of the molecule is CC1CN(c2cc3c(cc2F)c(=O)c(OC(=O)O)cn3C2CC2)C(C)C(C)N1. The molecule has 2 aliphatic rings. The summed E-state index contributed by atoms with van der Waals surface area (Å²) in [6, 6.07) is 3.57. The monoisotopic (exact) mass is 389 g/mol. The molecule has 1 aromatic heterocycles. The van der Waals surface area contributed by atoms with Crippen LogP contribution in [0.1, 0.15) is 39.7 Å². The molecular weight excluding hydrogens is 365 g/mol. The van der Waals surface area contributed by atoms with Crippen LogP contribution < -0.4 is 20.4 Å². The molecule has 0 spiro atoms. The van der Waals surface area contributed by atoms with E-state index < -0.39 is 17.4 Å². The van der Waals surface area contributed by atoms with Crippen molar-refractivity contribution in [2.75, 3.05) is 11.4 Å². The van der Waals surface area contributed by atoms with E-state index in [0.29, 0.717) is 17.7 Å². The molecule has 0 radical (unpaired) electrons. The molecule has 3 unspecified atom stereocenters. The van der Waals surface area contributed by atoms with Crippen LogP contribution >= 0.6 is 0 Å². The van der Waals surface area contributed by atoms with E-state index in [4.69, 9.17) is 5.11 Å². The number of nitrogens with zero attached hydrogens (tertiary/aromatic N) is 2. The lowest BCUT2D eigenvalue weighted by atomic mass is 10.0. The number of hydrogen-bond donors (Lipinski definition) is 2. The van der Waals surface area contributed by atoms with Crippen molar-refractivity contribution in [3.05, 3.63) is 34.4 Å². The number of benzene rings is 1. The van der Waals surface area contributed by atoms with Crippen LogP contribution in [0.15, 0.2) is 23.1 Å². The summed E-state index contributed by atoms with van der Waals surface area (Å²) in [7, 11) is 0. The number of ether oxygens (including phenoxy) is 1. The van der Waals surface area contributed by atoms with E-state index in [1.165, 1.54) is 12.3 Å². The minimum Gasteiger partial charge on any atom is -0.449 e. The zero-order valence-electron chi connectivity index (χ0n) is 16.1. The molecule has 1 saturated heterocycles. The fourth-order valence-electron chi connectivity index (χ4n) is 4.06. The van der Waals surface area contributed by atoms with Crippen LogP contribution in [-0.4, -0.2) is 40.5 Å². The topological polar surface area (TPSA) is 83.8 Å². The number of rotatable bonds is 3. The van der Waals surface area contributed by atoms with E-state index in [2.05, 4.69) is 23.9 Å². The minimum absolute atomic E-state index is 0.0823. The van der Waals surface area contributed by atoms with Gasteiger partial charge in [0, 0.05) is 30.7 Å². The molecule has 0 amide bonds. The average molecular weight is 389 g/mol. The number of anilines is 1. The maximum atomic E-state index is 15.1. The number of halogens is 1. The van der Waals surface area contributed by atoms with E-state index in [9.17, 15) is 9.59 Å². The highest BCUT2D eigenvalue weighted by Crippen LogP contribution is 2.39. The Kier molecular flexibility index (Phi) is 4.53. The first-order chi connectivity index (χ1) is 13.3. The fraction of sp³-hybridized carbons (Fsp3) is 0.500. The highest BCUT2D eigenvalue weighted by molar-refractivity contribution is 5.85. The quantitative estimate of drug-likeness (QED) is 0.785. The van der Waals surface area contributed by atoms with Crippen molar-refractivity contribution in [3.63, 3.8) is 0 Å². The van der Waals surface area contributed by atoms with Crippen molar-refractivity contribution in [3.8, 4) is 5.75 Å². The molecule has 7 nitrogen and oxygen atoms in total. The average Bonchev–Trinajstić information content (AvgIpc) is 3.45. The van der Waals surface area contributed by atoms with Crippen molar-refractivity contribution in [1.82, 2.24) is 9.88 Å². The third kappa shape index (κ3) is 3.22. The van der Waals surface area contributed by atoms with Crippen molar-refractivity contribution in [2.24, 2.45) is 0 Å². The number of nitrogens with one attached hydrogen (secondary N) is 1. The third-order valence-corrected chi connectivity index (χ3v) is 5.75. The number of carbonyl (C=O) groups is 1. The zero-order chi connectivity index (χ0) is 20.2. The molecule has 150 valence electrons. The Labute approximate surface area is 161 Å². The zero-order valence-corrected chi connectivity index (χ0v) is 16.1. The summed E-state index contributed by atoms with van der Waals surface area (Å²) in [6.07, 6.45) is 1.73. The summed E-state index contributed by atoms with van der Waals surface area (Å²) in [5, 5.41) is 12.5. The lowest BCUT2D eigenvalue weighted by Gasteiger charge is -2.43.